The summed E-state index contributed by atoms with van der Waals surface area (Å²) in [5.74, 6) is -4.63. The molecule has 2 aliphatic rings. The van der Waals surface area contributed by atoms with Gasteiger partial charge < -0.3 is 34.6 Å². The minimum atomic E-state index is -2.00. The third-order valence-corrected chi connectivity index (χ3v) is 5.20. The molecule has 2 fully saturated rings. The lowest BCUT2D eigenvalue weighted by Gasteiger charge is -2.38. The first-order chi connectivity index (χ1) is 12.5. The molecule has 4 atom stereocenters. The second kappa shape index (κ2) is 10.5. The van der Waals surface area contributed by atoms with Crippen LogP contribution < -0.4 is 0 Å². The number of unbranched alkanes of at least 4 members (excludes halogenated alkanes) is 4. The summed E-state index contributed by atoms with van der Waals surface area (Å²) in [6, 6.07) is 0. The monoisotopic (exact) mass is 376 g/mol. The summed E-state index contributed by atoms with van der Waals surface area (Å²) < 4.78 is 17.0. The minimum Gasteiger partial charge on any atom is -0.481 e. The molecular weight excluding hydrogens is 344 g/mol. The number of fused-ring (bicyclic) bond motifs is 2. The van der Waals surface area contributed by atoms with Gasteiger partial charge in [0.2, 0.25) is 0 Å². The van der Waals surface area contributed by atoms with Crippen LogP contribution in [-0.4, -0.2) is 71.0 Å². The van der Waals surface area contributed by atoms with E-state index in [1.54, 1.807) is 0 Å². The third kappa shape index (κ3) is 5.37. The van der Waals surface area contributed by atoms with E-state index in [0.29, 0.717) is 38.5 Å². The molecule has 0 amide bonds. The van der Waals surface area contributed by atoms with Crippen LogP contribution in [0.3, 0.4) is 0 Å². The van der Waals surface area contributed by atoms with Crippen LogP contribution in [0.2, 0.25) is 0 Å². The van der Waals surface area contributed by atoms with E-state index in [1.165, 1.54) is 0 Å². The largest absolute Gasteiger partial charge is 0.481 e. The number of aliphatic carboxylic acids is 1. The Kier molecular flexibility index (Phi) is 8.72. The smallest absolute Gasteiger partial charge is 0.309 e. The average molecular weight is 376 g/mol. The van der Waals surface area contributed by atoms with Crippen LogP contribution in [-0.2, 0) is 19.0 Å². The molecule has 0 spiro atoms. The molecule has 0 aromatic rings. The molecular formula is C18H32O8. The van der Waals surface area contributed by atoms with Gasteiger partial charge in [0.05, 0.1) is 37.3 Å². The van der Waals surface area contributed by atoms with E-state index in [1.807, 2.05) is 0 Å². The maximum atomic E-state index is 11.7. The van der Waals surface area contributed by atoms with Crippen molar-refractivity contribution in [1.29, 1.82) is 0 Å². The zero-order chi connectivity index (χ0) is 19.0. The number of aliphatic hydroxyl groups excluding tert-OH is 2. The van der Waals surface area contributed by atoms with Crippen LogP contribution in [0.25, 0.3) is 0 Å². The van der Waals surface area contributed by atoms with E-state index in [-0.39, 0.29) is 32.5 Å². The summed E-state index contributed by atoms with van der Waals surface area (Å²) in [6.45, 7) is 0.639. The zero-order valence-electron chi connectivity index (χ0n) is 15.2. The van der Waals surface area contributed by atoms with Gasteiger partial charge in [-0.15, -0.1) is 0 Å². The summed E-state index contributed by atoms with van der Waals surface area (Å²) >= 11 is 0. The van der Waals surface area contributed by atoms with Crippen molar-refractivity contribution >= 4 is 5.97 Å². The van der Waals surface area contributed by atoms with Crippen molar-refractivity contribution in [2.75, 3.05) is 26.4 Å². The highest BCUT2D eigenvalue weighted by molar-refractivity contribution is 5.72. The molecule has 8 heteroatoms. The fraction of sp³-hybridized carbons (Fsp3) is 0.944. The fourth-order valence-corrected chi connectivity index (χ4v) is 3.91. The van der Waals surface area contributed by atoms with Crippen molar-refractivity contribution in [3.63, 3.8) is 0 Å². The van der Waals surface area contributed by atoms with Crippen LogP contribution in [0.1, 0.15) is 51.4 Å². The second-order valence-electron chi connectivity index (χ2n) is 7.08. The lowest BCUT2D eigenvalue weighted by molar-refractivity contribution is -0.394. The van der Waals surface area contributed by atoms with Gasteiger partial charge in [0.1, 0.15) is 0 Å². The molecule has 0 aromatic heterocycles. The summed E-state index contributed by atoms with van der Waals surface area (Å²) in [4.78, 5) is 11.7. The molecule has 4 unspecified atom stereocenters. The van der Waals surface area contributed by atoms with Crippen LogP contribution in [0.15, 0.2) is 0 Å². The molecule has 8 nitrogen and oxygen atoms in total. The van der Waals surface area contributed by atoms with E-state index in [9.17, 15) is 15.0 Å². The van der Waals surface area contributed by atoms with Crippen molar-refractivity contribution in [2.24, 2.45) is 11.8 Å². The summed E-state index contributed by atoms with van der Waals surface area (Å²) in [5.41, 5.74) is 0. The molecule has 0 aromatic carbocycles. The summed E-state index contributed by atoms with van der Waals surface area (Å²) in [5, 5.41) is 38.3. The maximum absolute atomic E-state index is 11.7. The fourth-order valence-electron chi connectivity index (χ4n) is 3.91. The Morgan fingerprint density at radius 1 is 0.923 bits per heavy atom. The molecule has 0 radical (unpaired) electrons. The van der Waals surface area contributed by atoms with Gasteiger partial charge in [0.15, 0.2) is 0 Å². The Morgan fingerprint density at radius 2 is 1.46 bits per heavy atom. The van der Waals surface area contributed by atoms with Crippen molar-refractivity contribution in [3.8, 4) is 0 Å². The van der Waals surface area contributed by atoms with E-state index in [0.717, 1.165) is 12.8 Å². The zero-order valence-corrected chi connectivity index (χ0v) is 15.2. The van der Waals surface area contributed by atoms with E-state index in [2.05, 4.69) is 0 Å². The number of aliphatic hydroxyl groups is 3. The molecule has 0 saturated carbocycles. The second-order valence-corrected chi connectivity index (χ2v) is 7.08. The van der Waals surface area contributed by atoms with Crippen LogP contribution in [0.5, 0.6) is 0 Å². The standard InChI is InChI=1S/C18H32O8/c19-9-3-1-5-11-24-18(23,25-12-6-2-4-10-20)16-14-8-7-13(26-14)15(16)17(21)22/h13-16,19-20,23H,1-12H2,(H,21,22). The molecule has 0 aliphatic carbocycles. The number of hydrogen-bond acceptors (Lipinski definition) is 7. The van der Waals surface area contributed by atoms with Gasteiger partial charge in [0, 0.05) is 13.2 Å². The predicted octanol–water partition coefficient (Wildman–Crippen LogP) is 0.869. The highest BCUT2D eigenvalue weighted by Gasteiger charge is 2.62. The lowest BCUT2D eigenvalue weighted by atomic mass is 9.77. The molecule has 4 N–H and O–H groups in total. The molecule has 26 heavy (non-hydrogen) atoms. The first-order valence-electron chi connectivity index (χ1n) is 9.63. The molecule has 2 aliphatic heterocycles. The quantitative estimate of drug-likeness (QED) is 0.260. The predicted molar refractivity (Wildman–Crippen MR) is 91.2 cm³/mol. The normalized spacial score (nSPS) is 28.0. The summed E-state index contributed by atoms with van der Waals surface area (Å²) in [6.07, 6.45) is 4.62. The Morgan fingerprint density at radius 3 is 1.96 bits per heavy atom. The third-order valence-electron chi connectivity index (χ3n) is 5.20. The van der Waals surface area contributed by atoms with Crippen LogP contribution in [0.4, 0.5) is 0 Å². The number of carboxylic acids is 1. The lowest BCUT2D eigenvalue weighted by Crippen LogP contribution is -2.53. The number of hydrogen-bond donors (Lipinski definition) is 4. The Balaban J connectivity index is 1.99. The summed E-state index contributed by atoms with van der Waals surface area (Å²) in [7, 11) is 0. The molecule has 2 saturated heterocycles. The molecule has 152 valence electrons. The van der Waals surface area contributed by atoms with E-state index in [4.69, 9.17) is 24.4 Å². The van der Waals surface area contributed by atoms with E-state index < -0.39 is 29.9 Å². The first-order valence-corrected chi connectivity index (χ1v) is 9.63. The van der Waals surface area contributed by atoms with Gasteiger partial charge in [-0.05, 0) is 51.4 Å². The van der Waals surface area contributed by atoms with Crippen LogP contribution in [0, 0.1) is 11.8 Å². The number of carbonyl (C=O) groups is 1. The van der Waals surface area contributed by atoms with Crippen molar-refractivity contribution in [2.45, 2.75) is 69.5 Å². The number of carboxylic acid groups (broad SMARTS) is 1. The van der Waals surface area contributed by atoms with Crippen molar-refractivity contribution in [3.05, 3.63) is 0 Å². The average Bonchev–Trinajstić information content (AvgIpc) is 3.23. The van der Waals surface area contributed by atoms with Crippen LogP contribution >= 0.6 is 0 Å². The minimum absolute atomic E-state index is 0.104. The highest BCUT2D eigenvalue weighted by atomic mass is 16.8. The Hall–Kier alpha value is -0.770. The highest BCUT2D eigenvalue weighted by Crippen LogP contribution is 2.49. The maximum Gasteiger partial charge on any atom is 0.309 e. The molecule has 2 bridgehead atoms. The molecule has 2 heterocycles. The number of rotatable bonds is 14. The van der Waals surface area contributed by atoms with Gasteiger partial charge in [-0.2, -0.15) is 0 Å². The van der Waals surface area contributed by atoms with Crippen molar-refractivity contribution in [1.82, 2.24) is 0 Å². The van der Waals surface area contributed by atoms with Gasteiger partial charge in [-0.25, -0.2) is 0 Å². The van der Waals surface area contributed by atoms with Gasteiger partial charge in [0.25, 0.3) is 5.97 Å². The first kappa shape index (κ1) is 21.5. The van der Waals surface area contributed by atoms with E-state index >= 15 is 0 Å². The Bertz CT molecular complexity index is 415. The van der Waals surface area contributed by atoms with Gasteiger partial charge in [-0.1, -0.05) is 0 Å². The topological polar surface area (TPSA) is 126 Å². The van der Waals surface area contributed by atoms with Gasteiger partial charge >= 0.3 is 5.97 Å². The molecule has 2 rings (SSSR count). The van der Waals surface area contributed by atoms with Gasteiger partial charge in [-0.3, -0.25) is 4.79 Å². The number of ether oxygens (including phenoxy) is 3. The Labute approximate surface area is 154 Å². The van der Waals surface area contributed by atoms with Crippen molar-refractivity contribution < 1.29 is 39.4 Å². The SMILES string of the molecule is O=C(O)C1C2CCC(O2)C1C(O)(OCCCCCO)OCCCCCO.